The molecule has 1 amide bonds. The first kappa shape index (κ1) is 19.2. The van der Waals surface area contributed by atoms with Gasteiger partial charge in [-0.25, -0.2) is 4.98 Å². The van der Waals surface area contributed by atoms with Gasteiger partial charge in [-0.3, -0.25) is 9.69 Å². The van der Waals surface area contributed by atoms with Gasteiger partial charge in [0.15, 0.2) is 5.69 Å². The van der Waals surface area contributed by atoms with Crippen molar-refractivity contribution >= 4 is 5.91 Å². The number of amides is 1. The molecular weight excluding hydrogens is 354 g/mol. The van der Waals surface area contributed by atoms with E-state index >= 15 is 0 Å². The largest absolute Gasteiger partial charge is 0.361 e. The Morgan fingerprint density at radius 2 is 2.11 bits per heavy atom. The third kappa shape index (κ3) is 4.63. The Labute approximate surface area is 166 Å². The highest BCUT2D eigenvalue weighted by Gasteiger charge is 2.24. The lowest BCUT2D eigenvalue weighted by atomic mass is 9.95. The molecule has 1 saturated carbocycles. The zero-order valence-electron chi connectivity index (χ0n) is 16.8. The molecule has 0 spiro atoms. The second kappa shape index (κ2) is 8.90. The average molecular weight is 386 g/mol. The molecule has 0 bridgehead atoms. The zero-order chi connectivity index (χ0) is 19.3. The number of piperidine rings is 1. The summed E-state index contributed by atoms with van der Waals surface area (Å²) in [5.74, 6) is 0.977. The highest BCUT2D eigenvalue weighted by molar-refractivity contribution is 5.92. The number of nitrogens with zero attached hydrogens (tertiary/aromatic N) is 4. The van der Waals surface area contributed by atoms with Gasteiger partial charge in [-0.2, -0.15) is 0 Å². The van der Waals surface area contributed by atoms with E-state index in [4.69, 9.17) is 4.52 Å². The molecule has 0 radical (unpaired) electrons. The van der Waals surface area contributed by atoms with E-state index in [1.807, 2.05) is 12.5 Å². The van der Waals surface area contributed by atoms with Crippen LogP contribution in [0.1, 0.15) is 72.9 Å². The van der Waals surface area contributed by atoms with Gasteiger partial charge < -0.3 is 14.4 Å². The van der Waals surface area contributed by atoms with Gasteiger partial charge >= 0.3 is 0 Å². The number of carbonyl (C=O) groups excluding carboxylic acids is 1. The molecule has 2 fully saturated rings. The van der Waals surface area contributed by atoms with E-state index < -0.39 is 0 Å². The van der Waals surface area contributed by atoms with Crippen LogP contribution >= 0.6 is 0 Å². The summed E-state index contributed by atoms with van der Waals surface area (Å²) in [7, 11) is 0. The number of nitrogens with one attached hydrogen (secondary N) is 1. The molecule has 28 heavy (non-hydrogen) atoms. The number of hydrogen-bond donors (Lipinski definition) is 1. The van der Waals surface area contributed by atoms with Crippen LogP contribution in [0.4, 0.5) is 0 Å². The Hall–Kier alpha value is -2.15. The van der Waals surface area contributed by atoms with E-state index in [-0.39, 0.29) is 5.91 Å². The summed E-state index contributed by atoms with van der Waals surface area (Å²) < 4.78 is 7.40. The van der Waals surface area contributed by atoms with Crippen LogP contribution < -0.4 is 5.32 Å². The predicted octanol–water partition coefficient (Wildman–Crippen LogP) is 3.33. The van der Waals surface area contributed by atoms with E-state index in [2.05, 4.69) is 24.9 Å². The van der Waals surface area contributed by atoms with Crippen molar-refractivity contribution in [3.8, 4) is 0 Å². The quantitative estimate of drug-likeness (QED) is 0.825. The maximum absolute atomic E-state index is 12.2. The normalized spacial score (nSPS) is 21.7. The lowest BCUT2D eigenvalue weighted by molar-refractivity contribution is 0.0920. The molecule has 2 aliphatic rings. The molecule has 7 nitrogen and oxygen atoms in total. The maximum Gasteiger partial charge on any atom is 0.273 e. The fourth-order valence-electron chi connectivity index (χ4n) is 4.63. The predicted molar refractivity (Wildman–Crippen MR) is 106 cm³/mol. The highest BCUT2D eigenvalue weighted by Crippen LogP contribution is 2.29. The minimum absolute atomic E-state index is 0.149. The van der Waals surface area contributed by atoms with Gasteiger partial charge in [0.1, 0.15) is 5.76 Å². The maximum atomic E-state index is 12.2. The lowest BCUT2D eigenvalue weighted by Crippen LogP contribution is -2.41. The molecule has 1 N–H and O–H groups in total. The number of rotatable bonds is 6. The highest BCUT2D eigenvalue weighted by atomic mass is 16.5. The molecule has 7 heteroatoms. The summed E-state index contributed by atoms with van der Waals surface area (Å²) in [6, 6.07) is 2.30. The fourth-order valence-corrected chi connectivity index (χ4v) is 4.63. The first-order valence-corrected chi connectivity index (χ1v) is 10.6. The number of aromatic nitrogens is 3. The molecule has 2 aromatic rings. The van der Waals surface area contributed by atoms with Crippen LogP contribution in [-0.4, -0.2) is 45.1 Å². The van der Waals surface area contributed by atoms with Crippen LogP contribution in [-0.2, 0) is 6.54 Å². The number of hydrogen-bond acceptors (Lipinski definition) is 5. The minimum atomic E-state index is -0.149. The second-order valence-corrected chi connectivity index (χ2v) is 8.36. The van der Waals surface area contributed by atoms with Gasteiger partial charge in [-0.1, -0.05) is 24.4 Å². The number of imidazole rings is 1. The molecule has 3 heterocycles. The molecule has 1 aliphatic carbocycles. The number of likely N-dealkylation sites (tertiary alicyclic amines) is 1. The van der Waals surface area contributed by atoms with Crippen LogP contribution in [0.5, 0.6) is 0 Å². The minimum Gasteiger partial charge on any atom is -0.361 e. The summed E-state index contributed by atoms with van der Waals surface area (Å²) in [4.78, 5) is 19.2. The van der Waals surface area contributed by atoms with Crippen molar-refractivity contribution in [3.05, 3.63) is 35.7 Å². The van der Waals surface area contributed by atoms with Gasteiger partial charge in [0.05, 0.1) is 12.0 Å². The molecule has 1 aliphatic heterocycles. The smallest absolute Gasteiger partial charge is 0.273 e. The van der Waals surface area contributed by atoms with Crippen molar-refractivity contribution in [2.45, 2.75) is 64.5 Å². The van der Waals surface area contributed by atoms with Crippen molar-refractivity contribution in [1.29, 1.82) is 0 Å². The summed E-state index contributed by atoms with van der Waals surface area (Å²) in [6.45, 7) is 5.55. The molecule has 1 saturated heterocycles. The van der Waals surface area contributed by atoms with Gasteiger partial charge in [0, 0.05) is 37.9 Å². The molecular formula is C21H31N5O2. The first-order valence-electron chi connectivity index (χ1n) is 10.6. The van der Waals surface area contributed by atoms with Crippen molar-refractivity contribution in [1.82, 2.24) is 24.9 Å². The van der Waals surface area contributed by atoms with Crippen molar-refractivity contribution in [2.75, 3.05) is 19.6 Å². The molecule has 152 valence electrons. The van der Waals surface area contributed by atoms with E-state index in [1.165, 1.54) is 44.2 Å². The lowest BCUT2D eigenvalue weighted by Gasteiger charge is -2.33. The SMILES string of the molecule is Cc1cc(C(=O)NCC2CCCN(Cc3cncn3C3CCCCC3)C2)no1. The number of carbonyl (C=O) groups is 1. The van der Waals surface area contributed by atoms with Crippen LogP contribution in [0.25, 0.3) is 0 Å². The Morgan fingerprint density at radius 3 is 2.89 bits per heavy atom. The molecule has 0 aromatic carbocycles. The van der Waals surface area contributed by atoms with E-state index in [1.54, 1.807) is 13.0 Å². The van der Waals surface area contributed by atoms with Crippen molar-refractivity contribution in [3.63, 3.8) is 0 Å². The Bertz CT molecular complexity index is 777. The molecule has 1 unspecified atom stereocenters. The van der Waals surface area contributed by atoms with Crippen LogP contribution in [0.3, 0.4) is 0 Å². The molecule has 4 rings (SSSR count). The van der Waals surface area contributed by atoms with Gasteiger partial charge in [-0.15, -0.1) is 0 Å². The van der Waals surface area contributed by atoms with Crippen LogP contribution in [0.15, 0.2) is 23.1 Å². The second-order valence-electron chi connectivity index (χ2n) is 8.36. The third-order valence-corrected chi connectivity index (χ3v) is 6.11. The molecule has 2 aromatic heterocycles. The van der Waals surface area contributed by atoms with Crippen molar-refractivity contribution in [2.24, 2.45) is 5.92 Å². The standard InChI is InChI=1S/C21H31N5O2/c1-16-10-20(24-28-16)21(27)23-11-17-6-5-9-25(13-17)14-19-12-22-15-26(19)18-7-3-2-4-8-18/h10,12,15,17-18H,2-9,11,13-14H2,1H3,(H,23,27). The summed E-state index contributed by atoms with van der Waals surface area (Å²) >= 11 is 0. The monoisotopic (exact) mass is 385 g/mol. The number of aryl methyl sites for hydroxylation is 1. The fraction of sp³-hybridized carbons (Fsp3) is 0.667. The van der Waals surface area contributed by atoms with Gasteiger partial charge in [0.2, 0.25) is 0 Å². The zero-order valence-corrected chi connectivity index (χ0v) is 16.8. The third-order valence-electron chi connectivity index (χ3n) is 6.11. The van der Waals surface area contributed by atoms with E-state index in [0.29, 0.717) is 30.0 Å². The van der Waals surface area contributed by atoms with E-state index in [9.17, 15) is 4.79 Å². The molecule has 1 atom stereocenters. The summed E-state index contributed by atoms with van der Waals surface area (Å²) in [6.07, 6.45) is 13.0. The first-order chi connectivity index (χ1) is 13.7. The summed E-state index contributed by atoms with van der Waals surface area (Å²) in [5.41, 5.74) is 1.69. The Balaban J connectivity index is 1.29. The topological polar surface area (TPSA) is 76.2 Å². The van der Waals surface area contributed by atoms with Crippen molar-refractivity contribution < 1.29 is 9.32 Å². The van der Waals surface area contributed by atoms with Gasteiger partial charge in [-0.05, 0) is 45.1 Å². The summed E-state index contributed by atoms with van der Waals surface area (Å²) in [5, 5.41) is 6.81. The van der Waals surface area contributed by atoms with E-state index in [0.717, 1.165) is 26.1 Å². The van der Waals surface area contributed by atoms with Crippen LogP contribution in [0.2, 0.25) is 0 Å². The Morgan fingerprint density at radius 1 is 1.25 bits per heavy atom. The Kier molecular flexibility index (Phi) is 6.10. The average Bonchev–Trinajstić information content (AvgIpc) is 3.36. The van der Waals surface area contributed by atoms with Gasteiger partial charge in [0.25, 0.3) is 5.91 Å². The van der Waals surface area contributed by atoms with Crippen LogP contribution in [0, 0.1) is 12.8 Å².